The third-order valence-electron chi connectivity index (χ3n) is 19.9. The lowest BCUT2D eigenvalue weighted by atomic mass is 10.0. The van der Waals surface area contributed by atoms with Gasteiger partial charge in [0.25, 0.3) is 0 Å². The molecule has 0 unspecified atom stereocenters. The predicted molar refractivity (Wildman–Crippen MR) is 417 cm³/mol. The largest absolute Gasteiger partial charge is 0.444 e. The molecular weight excluding hydrogens is 1290 g/mol. The van der Waals surface area contributed by atoms with Crippen LogP contribution in [0.15, 0.2) is 144 Å². The van der Waals surface area contributed by atoms with E-state index in [1.54, 1.807) is 21.3 Å². The Kier molecular flexibility index (Phi) is 39.1. The summed E-state index contributed by atoms with van der Waals surface area (Å²) in [6, 6.07) is 45.9. The van der Waals surface area contributed by atoms with Crippen LogP contribution in [0.5, 0.6) is 0 Å². The zero-order valence-electron chi connectivity index (χ0n) is 61.6. The summed E-state index contributed by atoms with van der Waals surface area (Å²) < 4.78 is 26.3. The quantitative estimate of drug-likeness (QED) is 0.0612. The van der Waals surface area contributed by atoms with Crippen LogP contribution in [0.2, 0.25) is 0 Å². The van der Waals surface area contributed by atoms with E-state index in [0.29, 0.717) is 42.0 Å². The van der Waals surface area contributed by atoms with E-state index in [4.69, 9.17) is 29.4 Å². The Hall–Kier alpha value is -4.42. The van der Waals surface area contributed by atoms with Gasteiger partial charge in [-0.05, 0) is 192 Å². The van der Waals surface area contributed by atoms with Gasteiger partial charge in [0.1, 0.15) is 5.60 Å². The molecule has 4 saturated carbocycles. The number of rotatable bonds is 23. The summed E-state index contributed by atoms with van der Waals surface area (Å²) in [7, 11) is 5.31. The average molecular weight is 1410 g/mol. The molecule has 0 aromatic heterocycles. The second kappa shape index (κ2) is 45.5. The van der Waals surface area contributed by atoms with Crippen molar-refractivity contribution in [2.24, 2.45) is 29.4 Å². The molecule has 546 valence electrons. The van der Waals surface area contributed by atoms with Gasteiger partial charge >= 0.3 is 6.09 Å². The number of benzene rings is 4. The first-order valence-electron chi connectivity index (χ1n) is 36.4. The zero-order valence-corrected chi connectivity index (χ0v) is 64.0. The Morgan fingerprint density at radius 3 is 1.12 bits per heavy atom. The second-order valence-corrected chi connectivity index (χ2v) is 28.8. The van der Waals surface area contributed by atoms with Crippen LogP contribution in [0.3, 0.4) is 0 Å². The maximum Gasteiger partial charge on any atom is 0.410 e. The van der Waals surface area contributed by atoms with Gasteiger partial charge in [-0.3, -0.25) is 0 Å². The topological polar surface area (TPSA) is 126 Å². The molecule has 4 aliphatic carbocycles. The van der Waals surface area contributed by atoms with Gasteiger partial charge in [0.15, 0.2) is 0 Å². The summed E-state index contributed by atoms with van der Waals surface area (Å²) >= 11 is 4.64. The molecular formula is C82H126Cl3N7O6. The van der Waals surface area contributed by atoms with Crippen LogP contribution >= 0.6 is 36.4 Å². The standard InChI is InChI=1S/C25H38N2O3.2C20H30N2O.C12H15N.C4H8O.CH3Cl.2ClH/c1-19(17-20-9-7-6-8-10-20)22-18-23(22)27(24(28)30-25(2,3)4)21-11-13-26(14-12-21)15-16-29-5;2*1-16(14-17-6-4-3-5-7-17)19-15-20(19)21-18-8-10-22(11-9-18)12-13-23-2;1-9(11-8-12(11)13)7-10-5-3-2-4-6-10;1-2-4-5-3-1;1-2;;/h6-10,17,21-23H,11-16,18H2,1-5H3;2*3-7,14,18-21H,8-13,15H2,1-2H3;2-7,11-12H,8,13H2,1H3;1-4H2;1H3;2*1H/b19-17+;2*16-14+;9-7+;;;;/t22-,23+;2*19-,20+;11-,12+;;;;/m0000..../s1. The highest BCUT2D eigenvalue weighted by Gasteiger charge is 2.49. The molecule has 1 amide bonds. The van der Waals surface area contributed by atoms with E-state index < -0.39 is 5.60 Å². The highest BCUT2D eigenvalue weighted by atomic mass is 35.5. The summed E-state index contributed by atoms with van der Waals surface area (Å²) in [6.07, 6.45) is 24.9. The molecule has 4 aliphatic heterocycles. The molecule has 13 nitrogen and oxygen atoms in total. The van der Waals surface area contributed by atoms with Crippen LogP contribution in [0.1, 0.15) is 148 Å². The molecule has 0 bridgehead atoms. The van der Waals surface area contributed by atoms with Crippen LogP contribution in [0.25, 0.3) is 24.3 Å². The number of hydrogen-bond donors (Lipinski definition) is 3. The van der Waals surface area contributed by atoms with Crippen molar-refractivity contribution >= 4 is 66.8 Å². The minimum absolute atomic E-state index is 0. The lowest BCUT2D eigenvalue weighted by Crippen LogP contribution is -2.50. The molecule has 16 heteroatoms. The van der Waals surface area contributed by atoms with E-state index in [1.165, 1.54) is 128 Å². The Labute approximate surface area is 610 Å². The molecule has 4 aromatic rings. The number of amides is 1. The Morgan fingerprint density at radius 1 is 0.510 bits per heavy atom. The van der Waals surface area contributed by atoms with E-state index in [-0.39, 0.29) is 43.0 Å². The van der Waals surface area contributed by atoms with Crippen LogP contribution in [-0.2, 0) is 23.7 Å². The normalized spacial score (nSPS) is 24.5. The van der Waals surface area contributed by atoms with E-state index in [0.717, 1.165) is 103 Å². The van der Waals surface area contributed by atoms with Crippen LogP contribution < -0.4 is 16.4 Å². The monoisotopic (exact) mass is 1410 g/mol. The van der Waals surface area contributed by atoms with Crippen molar-refractivity contribution < 1.29 is 28.5 Å². The Morgan fingerprint density at radius 2 is 0.827 bits per heavy atom. The highest BCUT2D eigenvalue weighted by molar-refractivity contribution is 6.15. The molecule has 4 saturated heterocycles. The molecule has 8 fully saturated rings. The van der Waals surface area contributed by atoms with Gasteiger partial charge < -0.3 is 59.7 Å². The second-order valence-electron chi connectivity index (χ2n) is 28.8. The van der Waals surface area contributed by atoms with Gasteiger partial charge in [-0.25, -0.2) is 4.79 Å². The van der Waals surface area contributed by atoms with E-state index in [9.17, 15) is 4.79 Å². The Balaban J connectivity index is 0.000000232. The fourth-order valence-electron chi connectivity index (χ4n) is 13.9. The minimum Gasteiger partial charge on any atom is -0.444 e. The van der Waals surface area contributed by atoms with Gasteiger partial charge in [-0.2, -0.15) is 0 Å². The number of hydrogen-bond acceptors (Lipinski definition) is 12. The lowest BCUT2D eigenvalue weighted by molar-refractivity contribution is 0.00375. The summed E-state index contributed by atoms with van der Waals surface area (Å²) in [5.74, 6) is 2.54. The number of piperidine rings is 3. The molecule has 8 atom stereocenters. The van der Waals surface area contributed by atoms with Crippen molar-refractivity contribution in [3.63, 3.8) is 0 Å². The molecule has 0 radical (unpaired) electrons. The average Bonchev–Trinajstić information content (AvgIpc) is 1.66. The van der Waals surface area contributed by atoms with E-state index in [2.05, 4.69) is 203 Å². The first kappa shape index (κ1) is 84.2. The molecule has 4 N–H and O–H groups in total. The van der Waals surface area contributed by atoms with Crippen molar-refractivity contribution in [1.29, 1.82) is 0 Å². The molecule has 8 aliphatic rings. The number of likely N-dealkylation sites (tertiary alicyclic amines) is 3. The summed E-state index contributed by atoms with van der Waals surface area (Å²) in [5.41, 5.74) is 16.2. The maximum absolute atomic E-state index is 13.2. The number of nitrogens with one attached hydrogen (secondary N) is 2. The molecule has 4 aromatic carbocycles. The molecule has 98 heavy (non-hydrogen) atoms. The summed E-state index contributed by atoms with van der Waals surface area (Å²) in [5, 5.41) is 7.77. The van der Waals surface area contributed by atoms with Gasteiger partial charge in [-0.15, -0.1) is 36.4 Å². The highest BCUT2D eigenvalue weighted by Crippen LogP contribution is 2.45. The molecule has 12 rings (SSSR count). The van der Waals surface area contributed by atoms with Crippen LogP contribution in [0, 0.1) is 23.7 Å². The summed E-state index contributed by atoms with van der Waals surface area (Å²) in [6.45, 7) is 29.2. The Bertz CT molecular complexity index is 2810. The van der Waals surface area contributed by atoms with Crippen molar-refractivity contribution in [3.8, 4) is 0 Å². The van der Waals surface area contributed by atoms with Gasteiger partial charge in [0, 0.05) is 122 Å². The molecule has 0 spiro atoms. The number of alkyl halides is 1. The van der Waals surface area contributed by atoms with Crippen LogP contribution in [-0.4, -0.2) is 193 Å². The fourth-order valence-corrected chi connectivity index (χ4v) is 13.9. The van der Waals surface area contributed by atoms with Crippen molar-refractivity contribution in [3.05, 3.63) is 166 Å². The first-order valence-corrected chi connectivity index (χ1v) is 37.1. The third-order valence-corrected chi connectivity index (χ3v) is 19.9. The SMILES string of the molecule is C/C(=C\c1ccccc1)[C@@H]1C[C@H]1N.C1CCOC1.CCl.COCCN1CCC(N(C(=O)OC(C)(C)C)[C@@H]2C[C@H]2/C(C)=C/c2ccccc2)CC1.COCCN1CCC(N[C@@H]2C[C@H]2/C(C)=C/c2ccccc2)CC1.COCCN1CCC(N[C@@H]2C[C@H]2/C(C)=C/c2ccccc2)CC1.Cl.Cl. The lowest BCUT2D eigenvalue weighted by Gasteiger charge is -2.39. The number of carbonyl (C=O) groups excluding carboxylic acids is 1. The van der Waals surface area contributed by atoms with Gasteiger partial charge in [-0.1, -0.05) is 168 Å². The fraction of sp³-hybridized carbons (Fsp3) is 0.598. The van der Waals surface area contributed by atoms with Crippen LogP contribution in [0.4, 0.5) is 4.79 Å². The first-order chi connectivity index (χ1) is 46.6. The van der Waals surface area contributed by atoms with Crippen molar-refractivity contribution in [2.75, 3.05) is 120 Å². The molecule has 4 heterocycles. The number of nitrogens with two attached hydrogens (primary N) is 1. The number of halogens is 3. The van der Waals surface area contributed by atoms with Crippen molar-refractivity contribution in [1.82, 2.24) is 30.2 Å². The van der Waals surface area contributed by atoms with Gasteiger partial charge in [0.2, 0.25) is 0 Å². The predicted octanol–water partition coefficient (Wildman–Crippen LogP) is 16.1. The van der Waals surface area contributed by atoms with Gasteiger partial charge in [0.05, 0.1) is 19.8 Å². The number of methoxy groups -OCH3 is 3. The van der Waals surface area contributed by atoms with E-state index >= 15 is 0 Å². The zero-order chi connectivity index (χ0) is 68.7. The third kappa shape index (κ3) is 31.0. The number of carbonyl (C=O) groups is 1. The summed E-state index contributed by atoms with van der Waals surface area (Å²) in [4.78, 5) is 22.7. The van der Waals surface area contributed by atoms with Crippen molar-refractivity contribution in [2.45, 2.75) is 173 Å². The minimum atomic E-state index is -0.478. The van der Waals surface area contributed by atoms with E-state index in [1.807, 2.05) is 32.9 Å². The number of nitrogens with zero attached hydrogens (tertiary/aromatic N) is 4. The number of ether oxygens (including phenoxy) is 5. The maximum atomic E-state index is 13.2. The smallest absolute Gasteiger partial charge is 0.410 e.